The van der Waals surface area contributed by atoms with Crippen molar-refractivity contribution in [3.05, 3.63) is 62.1 Å². The predicted molar refractivity (Wildman–Crippen MR) is 75.0 cm³/mol. The maximum atomic E-state index is 11.0. The number of hydrogen-bond donors (Lipinski definition) is 0. The van der Waals surface area contributed by atoms with Crippen molar-refractivity contribution in [3.63, 3.8) is 0 Å². The van der Waals surface area contributed by atoms with Gasteiger partial charge in [-0.25, -0.2) is 0 Å². The van der Waals surface area contributed by atoms with Crippen LogP contribution in [0.3, 0.4) is 0 Å². The van der Waals surface area contributed by atoms with E-state index in [0.29, 0.717) is 11.3 Å². The number of halogens is 2. The minimum atomic E-state index is -0.595. The lowest BCUT2D eigenvalue weighted by Crippen LogP contribution is -1.95. The van der Waals surface area contributed by atoms with Crippen LogP contribution in [0.25, 0.3) is 0 Å². The van der Waals surface area contributed by atoms with Gasteiger partial charge in [-0.2, -0.15) is 0 Å². The lowest BCUT2D eigenvalue weighted by molar-refractivity contribution is -0.385. The van der Waals surface area contributed by atoms with E-state index in [0.717, 1.165) is 0 Å². The van der Waals surface area contributed by atoms with Crippen LogP contribution in [0.5, 0.6) is 11.5 Å². The van der Waals surface area contributed by atoms with Gasteiger partial charge in [0.1, 0.15) is 5.75 Å². The van der Waals surface area contributed by atoms with E-state index in [2.05, 4.69) is 0 Å². The summed E-state index contributed by atoms with van der Waals surface area (Å²) in [5.41, 5.74) is -0.0621. The Hall–Kier alpha value is -2.11. The zero-order valence-electron chi connectivity index (χ0n) is 9.88. The van der Waals surface area contributed by atoms with Crippen LogP contribution in [-0.2, 0) is 0 Å². The van der Waals surface area contributed by atoms with E-state index in [1.807, 2.05) is 0 Å². The first kappa shape index (κ1) is 14.3. The first-order valence-electron chi connectivity index (χ1n) is 5.38. The van der Waals surface area contributed by atoms with Gasteiger partial charge in [0.05, 0.1) is 10.5 Å². The number of hydrogen-bond acceptors (Lipinski definition) is 4. The fraction of sp³-hybridized carbons (Fsp3) is 0. The minimum absolute atomic E-state index is 0.0482. The average Bonchev–Trinajstić information content (AvgIpc) is 2.40. The van der Waals surface area contributed by atoms with Crippen molar-refractivity contribution in [1.82, 2.24) is 0 Å². The van der Waals surface area contributed by atoms with Gasteiger partial charge in [-0.1, -0.05) is 23.2 Å². The maximum absolute atomic E-state index is 11.0. The smallest absolute Gasteiger partial charge is 0.311 e. The van der Waals surface area contributed by atoms with Crippen LogP contribution >= 0.6 is 23.2 Å². The van der Waals surface area contributed by atoms with Crippen LogP contribution < -0.4 is 4.74 Å². The molecule has 0 aliphatic heterocycles. The highest BCUT2D eigenvalue weighted by atomic mass is 35.5. The fourth-order valence-electron chi connectivity index (χ4n) is 1.54. The molecule has 7 heteroatoms. The lowest BCUT2D eigenvalue weighted by Gasteiger charge is -2.09. The van der Waals surface area contributed by atoms with Gasteiger partial charge in [0, 0.05) is 22.2 Å². The zero-order chi connectivity index (χ0) is 14.7. The molecular weight excluding hydrogens is 305 g/mol. The number of carbonyl (C=O) groups is 1. The fourth-order valence-corrected chi connectivity index (χ4v) is 1.89. The summed E-state index contributed by atoms with van der Waals surface area (Å²) >= 11 is 11.6. The third kappa shape index (κ3) is 3.07. The monoisotopic (exact) mass is 311 g/mol. The van der Waals surface area contributed by atoms with Crippen molar-refractivity contribution in [1.29, 1.82) is 0 Å². The van der Waals surface area contributed by atoms with Gasteiger partial charge in [-0.05, 0) is 24.3 Å². The highest BCUT2D eigenvalue weighted by Crippen LogP contribution is 2.35. The third-order valence-electron chi connectivity index (χ3n) is 2.44. The van der Waals surface area contributed by atoms with E-state index in [4.69, 9.17) is 27.9 Å². The van der Waals surface area contributed by atoms with Crippen molar-refractivity contribution in [3.8, 4) is 11.5 Å². The molecule has 5 nitrogen and oxygen atoms in total. The normalized spacial score (nSPS) is 10.1. The summed E-state index contributed by atoms with van der Waals surface area (Å²) in [4.78, 5) is 21.3. The van der Waals surface area contributed by atoms with Crippen molar-refractivity contribution in [2.24, 2.45) is 0 Å². The number of rotatable bonds is 4. The van der Waals surface area contributed by atoms with E-state index in [9.17, 15) is 14.9 Å². The second kappa shape index (κ2) is 5.90. The molecule has 0 heterocycles. The second-order valence-corrected chi connectivity index (χ2v) is 4.64. The molecule has 0 radical (unpaired) electrons. The zero-order valence-corrected chi connectivity index (χ0v) is 11.4. The van der Waals surface area contributed by atoms with Gasteiger partial charge in [0.15, 0.2) is 6.29 Å². The molecule has 0 amide bonds. The van der Waals surface area contributed by atoms with Gasteiger partial charge in [0.2, 0.25) is 5.75 Å². The van der Waals surface area contributed by atoms with Crippen LogP contribution in [0, 0.1) is 10.1 Å². The first-order valence-corrected chi connectivity index (χ1v) is 6.13. The average molecular weight is 312 g/mol. The van der Waals surface area contributed by atoms with Crippen molar-refractivity contribution in [2.75, 3.05) is 0 Å². The van der Waals surface area contributed by atoms with E-state index in [1.54, 1.807) is 0 Å². The summed E-state index contributed by atoms with van der Waals surface area (Å²) in [5, 5.41) is 11.6. The number of nitro groups is 1. The summed E-state index contributed by atoms with van der Waals surface area (Å²) in [6.45, 7) is 0. The summed E-state index contributed by atoms with van der Waals surface area (Å²) in [5.74, 6) is 0.114. The van der Waals surface area contributed by atoms with Gasteiger partial charge in [0.25, 0.3) is 0 Å². The third-order valence-corrected chi connectivity index (χ3v) is 2.91. The summed E-state index contributed by atoms with van der Waals surface area (Å²) in [7, 11) is 0. The molecule has 0 N–H and O–H groups in total. The van der Waals surface area contributed by atoms with Crippen molar-refractivity contribution < 1.29 is 14.5 Å². The van der Waals surface area contributed by atoms with E-state index >= 15 is 0 Å². The molecule has 2 aromatic rings. The topological polar surface area (TPSA) is 69.4 Å². The molecule has 0 fully saturated rings. The molecule has 0 unspecified atom stereocenters. The molecule has 0 atom stereocenters. The Bertz CT molecular complexity index is 688. The standard InChI is InChI=1S/C13H7Cl2NO4/c14-9-2-4-12(8(5-9)7-17)20-13-6-10(15)1-3-11(13)16(18)19/h1-7H. The Labute approximate surface area is 123 Å². The molecule has 0 aliphatic carbocycles. The quantitative estimate of drug-likeness (QED) is 0.473. The molecule has 0 saturated carbocycles. The number of benzene rings is 2. The van der Waals surface area contributed by atoms with Gasteiger partial charge >= 0.3 is 5.69 Å². The molecule has 20 heavy (non-hydrogen) atoms. The number of ether oxygens (including phenoxy) is 1. The summed E-state index contributed by atoms with van der Waals surface area (Å²) in [6.07, 6.45) is 0.553. The Balaban J connectivity index is 2.46. The molecule has 102 valence electrons. The largest absolute Gasteiger partial charge is 0.449 e. The molecular formula is C13H7Cl2NO4. The van der Waals surface area contributed by atoms with Crippen LogP contribution in [-0.4, -0.2) is 11.2 Å². The van der Waals surface area contributed by atoms with Crippen molar-refractivity contribution in [2.45, 2.75) is 0 Å². The van der Waals surface area contributed by atoms with Crippen LogP contribution in [0.2, 0.25) is 10.0 Å². The van der Waals surface area contributed by atoms with Crippen LogP contribution in [0.1, 0.15) is 10.4 Å². The summed E-state index contributed by atoms with van der Waals surface area (Å²) in [6, 6.07) is 8.29. The highest BCUT2D eigenvalue weighted by Gasteiger charge is 2.17. The summed E-state index contributed by atoms with van der Waals surface area (Å²) < 4.78 is 5.41. The lowest BCUT2D eigenvalue weighted by atomic mass is 10.2. The van der Waals surface area contributed by atoms with E-state index in [-0.39, 0.29) is 27.8 Å². The molecule has 2 rings (SSSR count). The molecule has 2 aromatic carbocycles. The van der Waals surface area contributed by atoms with Gasteiger partial charge < -0.3 is 4.74 Å². The maximum Gasteiger partial charge on any atom is 0.311 e. The van der Waals surface area contributed by atoms with Gasteiger partial charge in [-0.15, -0.1) is 0 Å². The molecule has 0 aliphatic rings. The number of nitro benzene ring substituents is 1. The number of carbonyl (C=O) groups excluding carboxylic acids is 1. The minimum Gasteiger partial charge on any atom is -0.449 e. The number of aldehydes is 1. The SMILES string of the molecule is O=Cc1cc(Cl)ccc1Oc1cc(Cl)ccc1[N+](=O)[O-]. The van der Waals surface area contributed by atoms with E-state index in [1.165, 1.54) is 36.4 Å². The molecule has 0 aromatic heterocycles. The molecule has 0 bridgehead atoms. The number of nitrogens with zero attached hydrogens (tertiary/aromatic N) is 1. The molecule has 0 saturated heterocycles. The van der Waals surface area contributed by atoms with Crippen LogP contribution in [0.4, 0.5) is 5.69 Å². The Morgan fingerprint density at radius 3 is 2.35 bits per heavy atom. The Morgan fingerprint density at radius 2 is 1.70 bits per heavy atom. The van der Waals surface area contributed by atoms with Crippen molar-refractivity contribution >= 4 is 35.2 Å². The molecule has 0 spiro atoms. The Kier molecular flexibility index (Phi) is 4.22. The van der Waals surface area contributed by atoms with Gasteiger partial charge in [-0.3, -0.25) is 14.9 Å². The highest BCUT2D eigenvalue weighted by molar-refractivity contribution is 6.31. The predicted octanol–water partition coefficient (Wildman–Crippen LogP) is 4.51. The van der Waals surface area contributed by atoms with Crippen LogP contribution in [0.15, 0.2) is 36.4 Å². The Morgan fingerprint density at radius 1 is 1.05 bits per heavy atom. The second-order valence-electron chi connectivity index (χ2n) is 3.77. The first-order chi connectivity index (χ1) is 9.51. The van der Waals surface area contributed by atoms with E-state index < -0.39 is 4.92 Å².